The summed E-state index contributed by atoms with van der Waals surface area (Å²) in [7, 11) is 0. The van der Waals surface area contributed by atoms with Gasteiger partial charge in [-0.1, -0.05) is 131 Å². The lowest BCUT2D eigenvalue weighted by atomic mass is 9.34. The van der Waals surface area contributed by atoms with Crippen LogP contribution in [0.3, 0.4) is 0 Å². The van der Waals surface area contributed by atoms with Crippen LogP contribution in [0.5, 0.6) is 0 Å². The lowest BCUT2D eigenvalue weighted by Gasteiger charge is -2.22. The third-order valence-corrected chi connectivity index (χ3v) is 9.45. The molecule has 0 radical (unpaired) electrons. The summed E-state index contributed by atoms with van der Waals surface area (Å²) in [6.45, 7) is 29.1. The quantitative estimate of drug-likeness (QED) is 0.151. The Morgan fingerprint density at radius 1 is 0.738 bits per heavy atom. The highest BCUT2D eigenvalue weighted by atomic mass is 32.2. The van der Waals surface area contributed by atoms with Crippen LogP contribution in [0, 0.1) is 17.8 Å². The maximum Gasteiger partial charge on any atom is 0.211 e. The molecule has 0 saturated heterocycles. The van der Waals surface area contributed by atoms with Crippen LogP contribution in [-0.2, 0) is 6.54 Å². The predicted octanol–water partition coefficient (Wildman–Crippen LogP) is 10.5. The van der Waals surface area contributed by atoms with Gasteiger partial charge in [0.05, 0.1) is 6.33 Å². The monoisotopic (exact) mass is 606 g/mol. The third kappa shape index (κ3) is 14.3. The fourth-order valence-electron chi connectivity index (χ4n) is 5.69. The average Bonchev–Trinajstić information content (AvgIpc) is 3.37. The molecule has 1 heterocycles. The Bertz CT molecular complexity index is 1070. The molecule has 5 heteroatoms. The van der Waals surface area contributed by atoms with Crippen LogP contribution >= 0.6 is 23.5 Å². The van der Waals surface area contributed by atoms with Crippen molar-refractivity contribution in [3.63, 3.8) is 0 Å². The van der Waals surface area contributed by atoms with Gasteiger partial charge in [0, 0.05) is 38.2 Å². The second-order valence-electron chi connectivity index (χ2n) is 14.8. The van der Waals surface area contributed by atoms with E-state index in [9.17, 15) is 0 Å². The van der Waals surface area contributed by atoms with Crippen LogP contribution in [0.15, 0.2) is 77.0 Å². The van der Waals surface area contributed by atoms with Gasteiger partial charge in [0.1, 0.15) is 0 Å². The molecule has 0 N–H and O–H groups in total. The van der Waals surface area contributed by atoms with Gasteiger partial charge in [-0.05, 0) is 54.9 Å². The van der Waals surface area contributed by atoms with Crippen molar-refractivity contribution in [3.05, 3.63) is 67.3 Å². The highest BCUT2D eigenvalue weighted by Crippen LogP contribution is 2.32. The van der Waals surface area contributed by atoms with Crippen LogP contribution in [0.2, 0.25) is 5.82 Å². The van der Waals surface area contributed by atoms with Crippen LogP contribution in [-0.4, -0.2) is 25.8 Å². The van der Waals surface area contributed by atoms with E-state index in [0.29, 0.717) is 12.5 Å². The van der Waals surface area contributed by atoms with E-state index in [1.807, 2.05) is 36.0 Å². The van der Waals surface area contributed by atoms with Crippen molar-refractivity contribution >= 4 is 41.2 Å². The molecular weight excluding hydrogens is 547 g/mol. The second kappa shape index (κ2) is 17.0. The molecule has 0 fully saturated rings. The minimum atomic E-state index is 0.250. The molecular formula is C37H59BN2S2. The van der Waals surface area contributed by atoms with E-state index in [1.54, 1.807) is 0 Å². The zero-order valence-electron chi connectivity index (χ0n) is 28.8. The molecule has 3 aromatic rings. The van der Waals surface area contributed by atoms with Crippen molar-refractivity contribution in [1.82, 2.24) is 9.55 Å². The number of nitrogens with zero attached hydrogens (tertiary/aromatic N) is 2. The first-order valence-corrected chi connectivity index (χ1v) is 17.7. The molecule has 0 bridgehead atoms. The molecule has 2 aromatic carbocycles. The second-order valence-corrected chi connectivity index (χ2v) is 18.6. The van der Waals surface area contributed by atoms with Crippen molar-refractivity contribution in [1.29, 1.82) is 0 Å². The Labute approximate surface area is 268 Å². The van der Waals surface area contributed by atoms with Gasteiger partial charge < -0.3 is 4.57 Å². The van der Waals surface area contributed by atoms with Gasteiger partial charge in [0.15, 0.2) is 0 Å². The fourth-order valence-corrected chi connectivity index (χ4v) is 7.65. The molecule has 2 unspecified atom stereocenters. The first kappa shape index (κ1) is 36.6. The Kier molecular flexibility index (Phi) is 14.9. The van der Waals surface area contributed by atoms with Gasteiger partial charge in [-0.15, -0.1) is 23.5 Å². The number of imidazole rings is 1. The van der Waals surface area contributed by atoms with Gasteiger partial charge in [-0.25, -0.2) is 4.98 Å². The average molecular weight is 607 g/mol. The normalized spacial score (nSPS) is 13.6. The summed E-state index contributed by atoms with van der Waals surface area (Å²) in [4.78, 5) is 6.80. The smallest absolute Gasteiger partial charge is 0.211 e. The van der Waals surface area contributed by atoms with Crippen molar-refractivity contribution < 1.29 is 0 Å². The van der Waals surface area contributed by atoms with Crippen LogP contribution in [0.25, 0.3) is 0 Å². The summed E-state index contributed by atoms with van der Waals surface area (Å²) < 4.78 is 2.70. The summed E-state index contributed by atoms with van der Waals surface area (Å²) >= 11 is 3.86. The third-order valence-electron chi connectivity index (χ3n) is 7.21. The largest absolute Gasteiger partial charge is 0.337 e. The van der Waals surface area contributed by atoms with Crippen molar-refractivity contribution in [2.24, 2.45) is 17.8 Å². The van der Waals surface area contributed by atoms with E-state index in [-0.39, 0.29) is 9.49 Å². The Morgan fingerprint density at radius 3 is 1.55 bits per heavy atom. The molecule has 0 saturated carbocycles. The van der Waals surface area contributed by atoms with Crippen LogP contribution in [0.1, 0.15) is 102 Å². The molecule has 2 atom stereocenters. The molecule has 42 heavy (non-hydrogen) atoms. The standard InChI is InChI=1S/C23H33BS2.C14H26N2/c1-17(2)24(18-9-13-20(14-10-18)25-22(3,4)5)19-11-15-21(16-12-19)26-23(6,7)8;1-5-14(9-13(4)8-12(2)3)10-16-7-6-15-11-16/h9-17H,1-8H3;6-7,11-14H,5,8-10H2,1-4H3. The lowest BCUT2D eigenvalue weighted by molar-refractivity contribution is 0.307. The maximum absolute atomic E-state index is 4.10. The maximum atomic E-state index is 4.10. The van der Waals surface area contributed by atoms with E-state index >= 15 is 0 Å². The summed E-state index contributed by atoms with van der Waals surface area (Å²) in [6, 6.07) is 18.4. The number of thioether (sulfide) groups is 2. The highest BCUT2D eigenvalue weighted by Gasteiger charge is 2.24. The summed E-state index contributed by atoms with van der Waals surface area (Å²) in [5.74, 6) is 3.02. The molecule has 0 spiro atoms. The molecule has 0 amide bonds. The van der Waals surface area contributed by atoms with Gasteiger partial charge >= 0.3 is 0 Å². The highest BCUT2D eigenvalue weighted by molar-refractivity contribution is 8.00. The first-order valence-electron chi connectivity index (χ1n) is 16.1. The van der Waals surface area contributed by atoms with E-state index < -0.39 is 0 Å². The Hall–Kier alpha value is -1.59. The first-order chi connectivity index (χ1) is 19.6. The molecule has 1 aromatic heterocycles. The number of aromatic nitrogens is 2. The summed E-state index contributed by atoms with van der Waals surface area (Å²) in [5.41, 5.74) is 2.82. The number of hydrogen-bond donors (Lipinski definition) is 0. The number of hydrogen-bond acceptors (Lipinski definition) is 3. The van der Waals surface area contributed by atoms with Gasteiger partial charge in [0.25, 0.3) is 0 Å². The molecule has 2 nitrogen and oxygen atoms in total. The van der Waals surface area contributed by atoms with Crippen molar-refractivity contribution in [3.8, 4) is 0 Å². The fraction of sp³-hybridized carbons (Fsp3) is 0.595. The van der Waals surface area contributed by atoms with E-state index in [4.69, 9.17) is 0 Å². The summed E-state index contributed by atoms with van der Waals surface area (Å²) in [5, 5.41) is 0. The molecule has 0 aliphatic carbocycles. The van der Waals surface area contributed by atoms with Gasteiger partial charge in [-0.3, -0.25) is 0 Å². The zero-order chi connectivity index (χ0) is 31.5. The number of rotatable bonds is 12. The minimum Gasteiger partial charge on any atom is -0.337 e. The molecule has 232 valence electrons. The lowest BCUT2D eigenvalue weighted by Crippen LogP contribution is -2.44. The zero-order valence-corrected chi connectivity index (χ0v) is 30.4. The van der Waals surface area contributed by atoms with Crippen molar-refractivity contribution in [2.45, 2.75) is 134 Å². The van der Waals surface area contributed by atoms with E-state index in [2.05, 4.69) is 147 Å². The van der Waals surface area contributed by atoms with E-state index in [1.165, 1.54) is 40.0 Å². The topological polar surface area (TPSA) is 17.8 Å². The minimum absolute atomic E-state index is 0.250. The SMILES string of the molecule is CC(C)B(c1ccc(SC(C)(C)C)cc1)c1ccc(SC(C)(C)C)cc1.CCC(CC(C)CC(C)C)Cn1ccnc1. The predicted molar refractivity (Wildman–Crippen MR) is 193 cm³/mol. The van der Waals surface area contributed by atoms with E-state index in [0.717, 1.165) is 24.3 Å². The van der Waals surface area contributed by atoms with Gasteiger partial charge in [0.2, 0.25) is 6.71 Å². The molecule has 3 rings (SSSR count). The van der Waals surface area contributed by atoms with Gasteiger partial charge in [-0.2, -0.15) is 0 Å². The number of benzene rings is 2. The summed E-state index contributed by atoms with van der Waals surface area (Å²) in [6.07, 6.45) is 9.81. The van der Waals surface area contributed by atoms with Crippen LogP contribution in [0.4, 0.5) is 0 Å². The molecule has 0 aliphatic rings. The Balaban J connectivity index is 0.000000330. The van der Waals surface area contributed by atoms with Crippen LogP contribution < -0.4 is 10.9 Å². The van der Waals surface area contributed by atoms with Crippen molar-refractivity contribution in [2.75, 3.05) is 0 Å². The Morgan fingerprint density at radius 2 is 1.21 bits per heavy atom. The molecule has 0 aliphatic heterocycles.